The van der Waals surface area contributed by atoms with Gasteiger partial charge in [-0.05, 0) is 45.3 Å². The van der Waals surface area contributed by atoms with Gasteiger partial charge in [0.25, 0.3) is 5.69 Å². The van der Waals surface area contributed by atoms with E-state index in [0.29, 0.717) is 22.1 Å². The Morgan fingerprint density at radius 2 is 1.52 bits per heavy atom. The summed E-state index contributed by atoms with van der Waals surface area (Å²) in [5, 5.41) is 16.0. The second-order valence-electron chi connectivity index (χ2n) is 5.47. The van der Waals surface area contributed by atoms with Crippen molar-refractivity contribution in [2.75, 3.05) is 10.6 Å². The van der Waals surface area contributed by atoms with E-state index in [9.17, 15) is 19.7 Å². The van der Waals surface area contributed by atoms with Crippen molar-refractivity contribution in [2.45, 2.75) is 12.8 Å². The Labute approximate surface area is 159 Å². The van der Waals surface area contributed by atoms with E-state index in [1.807, 2.05) is 18.2 Å². The molecule has 9 heteroatoms. The zero-order valence-electron chi connectivity index (χ0n) is 12.6. The molecule has 0 saturated heterocycles. The summed E-state index contributed by atoms with van der Waals surface area (Å²) in [4.78, 5) is 32.0. The molecule has 2 aliphatic heterocycles. The first-order valence-electron chi connectivity index (χ1n) is 7.18. The molecule has 2 aliphatic rings. The number of hydrogen-bond acceptors (Lipinski definition) is 4. The molecular formula is C16H11Br2N3O4. The first kappa shape index (κ1) is 17.6. The minimum Gasteiger partial charge on any atom is -0.325 e. The van der Waals surface area contributed by atoms with E-state index in [4.69, 9.17) is 0 Å². The number of carbonyl (C=O) groups excluding carboxylic acids is 2. The first-order chi connectivity index (χ1) is 11.8. The van der Waals surface area contributed by atoms with E-state index < -0.39 is 4.92 Å². The summed E-state index contributed by atoms with van der Waals surface area (Å²) < 4.78 is 1.38. The van der Waals surface area contributed by atoms with Crippen molar-refractivity contribution >= 4 is 60.7 Å². The lowest BCUT2D eigenvalue weighted by Gasteiger charge is -2.00. The summed E-state index contributed by atoms with van der Waals surface area (Å²) >= 11 is 6.41. The van der Waals surface area contributed by atoms with Gasteiger partial charge in [0.15, 0.2) is 0 Å². The molecule has 0 spiro atoms. The lowest BCUT2D eigenvalue weighted by molar-refractivity contribution is -0.385. The zero-order valence-corrected chi connectivity index (χ0v) is 15.8. The van der Waals surface area contributed by atoms with Gasteiger partial charge in [0.05, 0.1) is 22.2 Å². The number of hydrogen-bond donors (Lipinski definition) is 2. The van der Waals surface area contributed by atoms with Gasteiger partial charge in [-0.2, -0.15) is 0 Å². The average molecular weight is 469 g/mol. The highest BCUT2D eigenvalue weighted by atomic mass is 79.9. The summed E-state index contributed by atoms with van der Waals surface area (Å²) in [6.07, 6.45) is 0.728. The molecule has 0 aromatic heterocycles. The number of carbonyl (C=O) groups is 2. The van der Waals surface area contributed by atoms with Crippen molar-refractivity contribution in [3.63, 3.8) is 0 Å². The fraction of sp³-hybridized carbons (Fsp3) is 0.125. The summed E-state index contributed by atoms with van der Waals surface area (Å²) in [5.41, 5.74) is 3.32. The predicted octanol–water partition coefficient (Wildman–Crippen LogP) is 3.80. The molecule has 0 aliphatic carbocycles. The van der Waals surface area contributed by atoms with Gasteiger partial charge in [-0.25, -0.2) is 0 Å². The molecule has 2 aromatic rings. The van der Waals surface area contributed by atoms with Crippen LogP contribution >= 0.6 is 31.9 Å². The Kier molecular flexibility index (Phi) is 4.87. The van der Waals surface area contributed by atoms with Gasteiger partial charge in [0.1, 0.15) is 0 Å². The Balaban J connectivity index is 0.000000150. The van der Waals surface area contributed by atoms with Crippen LogP contribution in [0.2, 0.25) is 0 Å². The molecule has 2 amide bonds. The molecule has 25 heavy (non-hydrogen) atoms. The van der Waals surface area contributed by atoms with Crippen molar-refractivity contribution < 1.29 is 14.5 Å². The van der Waals surface area contributed by atoms with Gasteiger partial charge in [-0.15, -0.1) is 0 Å². The monoisotopic (exact) mass is 467 g/mol. The molecule has 0 fully saturated rings. The van der Waals surface area contributed by atoms with Gasteiger partial charge in [-0.1, -0.05) is 22.0 Å². The van der Waals surface area contributed by atoms with Gasteiger partial charge in [0.2, 0.25) is 11.8 Å². The first-order valence-corrected chi connectivity index (χ1v) is 8.77. The Hall–Kier alpha value is -2.26. The van der Waals surface area contributed by atoms with E-state index in [1.54, 1.807) is 6.07 Å². The highest BCUT2D eigenvalue weighted by Crippen LogP contribution is 2.34. The molecular weight excluding hydrogens is 458 g/mol. The number of nitro groups is 1. The standard InChI is InChI=1S/C8H5BrN2O3.C8H6BrNO/c9-5-3-6-4(2-8(12)10-6)1-7(5)11(13)14;9-6-2-1-5-3-8(11)10-7(5)4-6/h1,3H,2H2,(H,10,12);1-2,4H,3H2,(H,10,11). The Morgan fingerprint density at radius 1 is 0.920 bits per heavy atom. The number of nitrogens with one attached hydrogen (secondary N) is 2. The van der Waals surface area contributed by atoms with Gasteiger partial charge in [0, 0.05) is 21.9 Å². The van der Waals surface area contributed by atoms with Crippen LogP contribution in [0.4, 0.5) is 17.1 Å². The molecule has 0 atom stereocenters. The topological polar surface area (TPSA) is 101 Å². The summed E-state index contributed by atoms with van der Waals surface area (Å²) in [6.45, 7) is 0. The average Bonchev–Trinajstić information content (AvgIpc) is 3.06. The van der Waals surface area contributed by atoms with Crippen molar-refractivity contribution in [1.29, 1.82) is 0 Å². The number of halogens is 2. The van der Waals surface area contributed by atoms with Crippen molar-refractivity contribution in [2.24, 2.45) is 0 Å². The smallest absolute Gasteiger partial charge is 0.283 e. The summed E-state index contributed by atoms with van der Waals surface area (Å²) in [7, 11) is 0. The van der Waals surface area contributed by atoms with Crippen LogP contribution in [0.15, 0.2) is 39.3 Å². The van der Waals surface area contributed by atoms with Crippen LogP contribution in [0.25, 0.3) is 0 Å². The number of amides is 2. The van der Waals surface area contributed by atoms with Crippen LogP contribution in [-0.2, 0) is 22.4 Å². The maximum absolute atomic E-state index is 11.0. The van der Waals surface area contributed by atoms with Crippen molar-refractivity contribution in [3.8, 4) is 0 Å². The fourth-order valence-corrected chi connectivity index (χ4v) is 3.41. The lowest BCUT2D eigenvalue weighted by atomic mass is 10.1. The molecule has 128 valence electrons. The van der Waals surface area contributed by atoms with E-state index in [0.717, 1.165) is 15.7 Å². The van der Waals surface area contributed by atoms with E-state index in [2.05, 4.69) is 42.5 Å². The molecule has 2 aromatic carbocycles. The normalized spacial score (nSPS) is 14.0. The largest absolute Gasteiger partial charge is 0.325 e. The van der Waals surface area contributed by atoms with Crippen molar-refractivity contribution in [1.82, 2.24) is 0 Å². The minimum atomic E-state index is -0.479. The quantitative estimate of drug-likeness (QED) is 0.491. The number of benzene rings is 2. The SMILES string of the molecule is O=C1Cc2cc([N+](=O)[O-])c(Br)cc2N1.O=C1Cc2ccc(Br)cc2N1. The number of rotatable bonds is 1. The predicted molar refractivity (Wildman–Crippen MR) is 99.6 cm³/mol. The maximum atomic E-state index is 11.0. The fourth-order valence-electron chi connectivity index (χ4n) is 2.56. The number of nitrogens with zero attached hydrogens (tertiary/aromatic N) is 1. The molecule has 2 N–H and O–H groups in total. The molecule has 2 heterocycles. The summed E-state index contributed by atoms with van der Waals surface area (Å²) in [6, 6.07) is 8.78. The second kappa shape index (κ2) is 6.93. The summed E-state index contributed by atoms with van der Waals surface area (Å²) in [5.74, 6) is -0.0505. The molecule has 0 radical (unpaired) electrons. The maximum Gasteiger partial charge on any atom is 0.283 e. The van der Waals surface area contributed by atoms with Crippen LogP contribution in [0.3, 0.4) is 0 Å². The van der Waals surface area contributed by atoms with Crippen LogP contribution in [-0.4, -0.2) is 16.7 Å². The molecule has 0 unspecified atom stereocenters. The number of fused-ring (bicyclic) bond motifs is 2. The Morgan fingerprint density at radius 3 is 2.16 bits per heavy atom. The molecule has 0 saturated carbocycles. The highest BCUT2D eigenvalue weighted by molar-refractivity contribution is 9.10. The molecule has 7 nitrogen and oxygen atoms in total. The van der Waals surface area contributed by atoms with E-state index in [1.165, 1.54) is 6.07 Å². The third-order valence-electron chi connectivity index (χ3n) is 3.69. The third-order valence-corrected chi connectivity index (χ3v) is 4.82. The number of anilines is 2. The van der Waals surface area contributed by atoms with Crippen molar-refractivity contribution in [3.05, 3.63) is 60.5 Å². The third kappa shape index (κ3) is 3.88. The zero-order chi connectivity index (χ0) is 18.1. The van der Waals surface area contributed by atoms with Gasteiger partial charge < -0.3 is 10.6 Å². The van der Waals surface area contributed by atoms with Crippen LogP contribution in [0.5, 0.6) is 0 Å². The van der Waals surface area contributed by atoms with Gasteiger partial charge >= 0.3 is 0 Å². The second-order valence-corrected chi connectivity index (χ2v) is 7.24. The van der Waals surface area contributed by atoms with Crippen LogP contribution in [0, 0.1) is 10.1 Å². The number of nitro benzene ring substituents is 1. The van der Waals surface area contributed by atoms with Crippen LogP contribution in [0.1, 0.15) is 11.1 Å². The lowest BCUT2D eigenvalue weighted by Crippen LogP contribution is -2.03. The van der Waals surface area contributed by atoms with Gasteiger partial charge in [-0.3, -0.25) is 19.7 Å². The minimum absolute atomic E-state index is 0.0137. The molecule has 4 rings (SSSR count). The molecule has 0 bridgehead atoms. The Bertz CT molecular complexity index is 914. The highest BCUT2D eigenvalue weighted by Gasteiger charge is 2.23. The van der Waals surface area contributed by atoms with Crippen LogP contribution < -0.4 is 10.6 Å². The van der Waals surface area contributed by atoms with E-state index in [-0.39, 0.29) is 23.9 Å². The van der Waals surface area contributed by atoms with E-state index >= 15 is 0 Å².